The van der Waals surface area contributed by atoms with Crippen molar-refractivity contribution in [2.45, 2.75) is 10.7 Å². The van der Waals surface area contributed by atoms with Gasteiger partial charge < -0.3 is 4.74 Å². The first-order valence-corrected chi connectivity index (χ1v) is 7.75. The summed E-state index contributed by atoms with van der Waals surface area (Å²) in [6, 6.07) is 18.3. The monoisotopic (exact) mass is 274 g/mol. The number of sulfone groups is 1. The molecule has 1 aliphatic heterocycles. The number of epoxide rings is 1. The molecule has 0 radical (unpaired) electrons. The van der Waals surface area contributed by atoms with Gasteiger partial charge in [0.25, 0.3) is 0 Å². The van der Waals surface area contributed by atoms with Crippen LogP contribution in [0.1, 0.15) is 11.1 Å². The molecule has 2 aromatic carbocycles. The second-order valence-electron chi connectivity index (χ2n) is 4.65. The van der Waals surface area contributed by atoms with Gasteiger partial charge in [-0.2, -0.15) is 0 Å². The molecule has 1 aliphatic rings. The lowest BCUT2D eigenvalue weighted by Crippen LogP contribution is -2.24. The van der Waals surface area contributed by atoms with Crippen molar-refractivity contribution < 1.29 is 13.2 Å². The van der Waals surface area contributed by atoms with E-state index in [1.165, 1.54) is 0 Å². The highest BCUT2D eigenvalue weighted by Gasteiger charge is 2.57. The molecule has 0 saturated carbocycles. The van der Waals surface area contributed by atoms with Crippen LogP contribution in [0.25, 0.3) is 0 Å². The van der Waals surface area contributed by atoms with Crippen molar-refractivity contribution in [3.8, 4) is 0 Å². The Bertz CT molecular complexity index is 659. The van der Waals surface area contributed by atoms with Crippen molar-refractivity contribution in [3.63, 3.8) is 0 Å². The maximum Gasteiger partial charge on any atom is 0.218 e. The summed E-state index contributed by atoms with van der Waals surface area (Å²) in [6.45, 7) is 0.242. The Morgan fingerprint density at radius 1 is 0.947 bits per heavy atom. The maximum absolute atomic E-state index is 12.6. The topological polar surface area (TPSA) is 46.7 Å². The van der Waals surface area contributed by atoms with E-state index in [9.17, 15) is 8.42 Å². The molecule has 1 saturated heterocycles. The van der Waals surface area contributed by atoms with Crippen LogP contribution in [0, 0.1) is 0 Å². The summed E-state index contributed by atoms with van der Waals surface area (Å²) in [7, 11) is -3.38. The smallest absolute Gasteiger partial charge is 0.218 e. The normalized spacial score (nSPS) is 22.1. The van der Waals surface area contributed by atoms with E-state index in [4.69, 9.17) is 4.74 Å². The zero-order chi connectivity index (χ0) is 13.3. The zero-order valence-electron chi connectivity index (χ0n) is 10.3. The molecular weight excluding hydrogens is 260 g/mol. The van der Waals surface area contributed by atoms with Gasteiger partial charge in [-0.25, -0.2) is 8.42 Å². The van der Waals surface area contributed by atoms with Crippen LogP contribution in [0.5, 0.6) is 0 Å². The molecule has 2 aromatic rings. The molecule has 1 fully saturated rings. The van der Waals surface area contributed by atoms with Crippen LogP contribution >= 0.6 is 0 Å². The Hall–Kier alpha value is -1.65. The Balaban J connectivity index is 1.93. The van der Waals surface area contributed by atoms with E-state index >= 15 is 0 Å². The van der Waals surface area contributed by atoms with Gasteiger partial charge in [0.15, 0.2) is 9.84 Å². The molecule has 0 bridgehead atoms. The Kier molecular flexibility index (Phi) is 2.92. The van der Waals surface area contributed by atoms with Crippen molar-refractivity contribution >= 4 is 9.84 Å². The molecular formula is C15H14O3S. The fraction of sp³-hybridized carbons (Fsp3) is 0.200. The van der Waals surface area contributed by atoms with Crippen LogP contribution in [0.4, 0.5) is 0 Å². The van der Waals surface area contributed by atoms with E-state index < -0.39 is 14.8 Å². The molecule has 0 aliphatic carbocycles. The Labute approximate surface area is 112 Å². The lowest BCUT2D eigenvalue weighted by atomic mass is 10.2. The molecule has 0 N–H and O–H groups in total. The molecule has 1 atom stereocenters. The van der Waals surface area contributed by atoms with Crippen LogP contribution in [0.15, 0.2) is 60.7 Å². The predicted octanol–water partition coefficient (Wildman–Crippen LogP) is 2.48. The van der Waals surface area contributed by atoms with E-state index in [0.717, 1.165) is 5.56 Å². The first-order valence-electron chi connectivity index (χ1n) is 6.10. The summed E-state index contributed by atoms with van der Waals surface area (Å²) >= 11 is 0. The van der Waals surface area contributed by atoms with Crippen molar-refractivity contribution in [2.24, 2.45) is 0 Å². The van der Waals surface area contributed by atoms with E-state index in [0.29, 0.717) is 5.56 Å². The third-order valence-electron chi connectivity index (χ3n) is 3.32. The molecule has 0 amide bonds. The molecule has 3 rings (SSSR count). The van der Waals surface area contributed by atoms with Crippen molar-refractivity contribution in [1.29, 1.82) is 0 Å². The largest absolute Gasteiger partial charge is 0.348 e. The molecule has 0 aromatic heterocycles. The summed E-state index contributed by atoms with van der Waals surface area (Å²) in [5.74, 6) is 0.00271. The van der Waals surface area contributed by atoms with Crippen LogP contribution in [-0.4, -0.2) is 15.0 Å². The SMILES string of the molecule is O=S(=O)(Cc1ccccc1)C1(c2ccccc2)CO1. The molecule has 1 unspecified atom stereocenters. The quantitative estimate of drug-likeness (QED) is 0.805. The number of rotatable bonds is 4. The number of ether oxygens (including phenoxy) is 1. The van der Waals surface area contributed by atoms with Gasteiger partial charge in [-0.3, -0.25) is 0 Å². The highest BCUT2D eigenvalue weighted by atomic mass is 32.2. The average molecular weight is 274 g/mol. The molecule has 98 valence electrons. The summed E-state index contributed by atoms with van der Waals surface area (Å²) < 4.78 is 30.5. The lowest BCUT2D eigenvalue weighted by molar-refractivity contribution is 0.373. The van der Waals surface area contributed by atoms with Crippen molar-refractivity contribution in [1.82, 2.24) is 0 Å². The summed E-state index contributed by atoms with van der Waals surface area (Å²) in [5.41, 5.74) is 1.50. The predicted molar refractivity (Wildman–Crippen MR) is 73.1 cm³/mol. The average Bonchev–Trinajstić information content (AvgIpc) is 3.22. The minimum atomic E-state index is -3.38. The van der Waals surface area contributed by atoms with Gasteiger partial charge in [0.2, 0.25) is 4.93 Å². The van der Waals surface area contributed by atoms with Gasteiger partial charge in [0.1, 0.15) is 0 Å². The van der Waals surface area contributed by atoms with E-state index in [2.05, 4.69) is 0 Å². The summed E-state index contributed by atoms with van der Waals surface area (Å²) in [4.78, 5) is -1.13. The standard InChI is InChI=1S/C15H14O3S/c16-19(17,11-13-7-3-1-4-8-13)15(12-18-15)14-9-5-2-6-10-14/h1-10H,11-12H2. The highest BCUT2D eigenvalue weighted by molar-refractivity contribution is 7.91. The number of hydrogen-bond acceptors (Lipinski definition) is 3. The van der Waals surface area contributed by atoms with Gasteiger partial charge >= 0.3 is 0 Å². The van der Waals surface area contributed by atoms with Gasteiger partial charge in [-0.15, -0.1) is 0 Å². The number of benzene rings is 2. The van der Waals surface area contributed by atoms with Gasteiger partial charge in [-0.1, -0.05) is 60.7 Å². The van der Waals surface area contributed by atoms with E-state index in [-0.39, 0.29) is 12.4 Å². The molecule has 3 nitrogen and oxygen atoms in total. The first kappa shape index (κ1) is 12.4. The van der Waals surface area contributed by atoms with Crippen LogP contribution in [-0.2, 0) is 25.3 Å². The fourth-order valence-corrected chi connectivity index (χ4v) is 3.97. The summed E-state index contributed by atoms with van der Waals surface area (Å²) in [6.07, 6.45) is 0. The van der Waals surface area contributed by atoms with Crippen molar-refractivity contribution in [3.05, 3.63) is 71.8 Å². The minimum absolute atomic E-state index is 0.00271. The molecule has 1 heterocycles. The lowest BCUT2D eigenvalue weighted by Gasteiger charge is -2.13. The maximum atomic E-state index is 12.6. The van der Waals surface area contributed by atoms with Crippen molar-refractivity contribution in [2.75, 3.05) is 6.61 Å². The molecule has 0 spiro atoms. The number of hydrogen-bond donors (Lipinski definition) is 0. The van der Waals surface area contributed by atoms with Gasteiger partial charge in [-0.05, 0) is 5.56 Å². The van der Waals surface area contributed by atoms with E-state index in [1.54, 1.807) is 12.1 Å². The second-order valence-corrected chi connectivity index (χ2v) is 6.83. The third-order valence-corrected chi connectivity index (χ3v) is 5.51. The van der Waals surface area contributed by atoms with Gasteiger partial charge in [0, 0.05) is 5.56 Å². The third kappa shape index (κ3) is 2.17. The minimum Gasteiger partial charge on any atom is -0.348 e. The first-order chi connectivity index (χ1) is 9.14. The van der Waals surface area contributed by atoms with E-state index in [1.807, 2.05) is 48.5 Å². The Morgan fingerprint density at radius 2 is 1.47 bits per heavy atom. The summed E-state index contributed by atoms with van der Waals surface area (Å²) in [5, 5.41) is 0. The van der Waals surface area contributed by atoms with Crippen LogP contribution in [0.2, 0.25) is 0 Å². The van der Waals surface area contributed by atoms with Crippen LogP contribution in [0.3, 0.4) is 0 Å². The second kappa shape index (κ2) is 4.47. The fourth-order valence-electron chi connectivity index (χ4n) is 2.19. The zero-order valence-corrected chi connectivity index (χ0v) is 11.1. The van der Waals surface area contributed by atoms with Crippen LogP contribution < -0.4 is 0 Å². The molecule has 4 heteroatoms. The van der Waals surface area contributed by atoms with Gasteiger partial charge in [0.05, 0.1) is 12.4 Å². The molecule has 19 heavy (non-hydrogen) atoms. The highest BCUT2D eigenvalue weighted by Crippen LogP contribution is 2.45. The Morgan fingerprint density at radius 3 is 2.00 bits per heavy atom.